The second-order valence-electron chi connectivity index (χ2n) is 6.43. The molecule has 0 aromatic heterocycles. The van der Waals surface area contributed by atoms with Crippen LogP contribution in [0.3, 0.4) is 0 Å². The van der Waals surface area contributed by atoms with Crippen LogP contribution in [0.15, 0.2) is 29.3 Å². The molecule has 6 nitrogen and oxygen atoms in total. The molecule has 1 unspecified atom stereocenters. The van der Waals surface area contributed by atoms with Gasteiger partial charge in [-0.15, -0.1) is 24.0 Å². The van der Waals surface area contributed by atoms with E-state index in [2.05, 4.69) is 15.6 Å². The van der Waals surface area contributed by atoms with Gasteiger partial charge in [-0.2, -0.15) is 0 Å². The third kappa shape index (κ3) is 6.72. The summed E-state index contributed by atoms with van der Waals surface area (Å²) in [6.07, 6.45) is 0.933. The van der Waals surface area contributed by atoms with Crippen LogP contribution < -0.4 is 10.6 Å². The van der Waals surface area contributed by atoms with Crippen molar-refractivity contribution in [2.45, 2.75) is 39.8 Å². The Balaban J connectivity index is 0.00000312. The van der Waals surface area contributed by atoms with Crippen LogP contribution in [0.25, 0.3) is 0 Å². The van der Waals surface area contributed by atoms with Crippen LogP contribution in [0.1, 0.15) is 32.8 Å². The Morgan fingerprint density at radius 3 is 2.64 bits per heavy atom. The highest BCUT2D eigenvalue weighted by Gasteiger charge is 2.27. The number of rotatable bonds is 5. The molecule has 1 heterocycles. The Kier molecular flexibility index (Phi) is 9.02. The van der Waals surface area contributed by atoms with Gasteiger partial charge >= 0.3 is 0 Å². The largest absolute Gasteiger partial charge is 0.508 e. The van der Waals surface area contributed by atoms with Gasteiger partial charge in [0.15, 0.2) is 5.96 Å². The SMILES string of the molecule is CCNC(=NCc1ccc(O)cc1)NC1CCN(C(=O)C(C)C)C1.I. The molecule has 1 aliphatic heterocycles. The monoisotopic (exact) mass is 460 g/mol. The van der Waals surface area contributed by atoms with Crippen LogP contribution in [0.5, 0.6) is 5.75 Å². The third-order valence-electron chi connectivity index (χ3n) is 4.03. The molecule has 140 valence electrons. The number of carbonyl (C=O) groups is 1. The maximum absolute atomic E-state index is 12.1. The standard InChI is InChI=1S/C18H28N4O2.HI/c1-4-19-18(20-11-14-5-7-16(23)8-6-14)21-15-9-10-22(12-15)17(24)13(2)3;/h5-8,13,15,23H,4,9-12H2,1-3H3,(H2,19,20,21);1H. The smallest absolute Gasteiger partial charge is 0.225 e. The summed E-state index contributed by atoms with van der Waals surface area (Å²) >= 11 is 0. The molecule has 1 aliphatic rings. The number of phenols is 1. The molecule has 1 saturated heterocycles. The predicted molar refractivity (Wildman–Crippen MR) is 111 cm³/mol. The molecule has 0 saturated carbocycles. The van der Waals surface area contributed by atoms with Crippen LogP contribution in [-0.4, -0.2) is 47.5 Å². The zero-order chi connectivity index (χ0) is 17.5. The fourth-order valence-electron chi connectivity index (χ4n) is 2.73. The lowest BCUT2D eigenvalue weighted by molar-refractivity contribution is -0.133. The summed E-state index contributed by atoms with van der Waals surface area (Å²) in [5, 5.41) is 16.0. The maximum Gasteiger partial charge on any atom is 0.225 e. The minimum Gasteiger partial charge on any atom is -0.508 e. The molecule has 1 atom stereocenters. The van der Waals surface area contributed by atoms with E-state index in [9.17, 15) is 9.90 Å². The average molecular weight is 460 g/mol. The lowest BCUT2D eigenvalue weighted by atomic mass is 10.2. The summed E-state index contributed by atoms with van der Waals surface area (Å²) in [6, 6.07) is 7.28. The lowest BCUT2D eigenvalue weighted by Gasteiger charge is -2.20. The molecule has 0 radical (unpaired) electrons. The summed E-state index contributed by atoms with van der Waals surface area (Å²) in [4.78, 5) is 18.6. The number of likely N-dealkylation sites (tertiary alicyclic amines) is 1. The Bertz CT molecular complexity index is 575. The molecule has 1 fully saturated rings. The highest BCUT2D eigenvalue weighted by Crippen LogP contribution is 2.13. The van der Waals surface area contributed by atoms with Gasteiger partial charge in [0, 0.05) is 31.6 Å². The van der Waals surface area contributed by atoms with Crippen molar-refractivity contribution in [1.82, 2.24) is 15.5 Å². The summed E-state index contributed by atoms with van der Waals surface area (Å²) in [7, 11) is 0. The Morgan fingerprint density at radius 2 is 2.04 bits per heavy atom. The van der Waals surface area contributed by atoms with Crippen molar-refractivity contribution in [1.29, 1.82) is 0 Å². The number of nitrogens with zero attached hydrogens (tertiary/aromatic N) is 2. The van der Waals surface area contributed by atoms with Crippen molar-refractivity contribution in [2.75, 3.05) is 19.6 Å². The first-order chi connectivity index (χ1) is 11.5. The summed E-state index contributed by atoms with van der Waals surface area (Å²) in [5.74, 6) is 1.27. The molecule has 1 aromatic rings. The van der Waals surface area contributed by atoms with E-state index in [1.807, 2.05) is 37.8 Å². The molecule has 1 aromatic carbocycles. The van der Waals surface area contributed by atoms with E-state index < -0.39 is 0 Å². The van der Waals surface area contributed by atoms with E-state index in [1.54, 1.807) is 12.1 Å². The fourth-order valence-corrected chi connectivity index (χ4v) is 2.73. The van der Waals surface area contributed by atoms with E-state index in [4.69, 9.17) is 0 Å². The number of amides is 1. The maximum atomic E-state index is 12.1. The van der Waals surface area contributed by atoms with E-state index in [0.717, 1.165) is 37.6 Å². The number of aromatic hydroxyl groups is 1. The number of phenolic OH excluding ortho intramolecular Hbond substituents is 1. The molecule has 25 heavy (non-hydrogen) atoms. The van der Waals surface area contributed by atoms with Crippen LogP contribution in [0.2, 0.25) is 0 Å². The van der Waals surface area contributed by atoms with Gasteiger partial charge in [0.05, 0.1) is 6.54 Å². The van der Waals surface area contributed by atoms with Gasteiger partial charge in [0.1, 0.15) is 5.75 Å². The van der Waals surface area contributed by atoms with Crippen molar-refractivity contribution < 1.29 is 9.90 Å². The number of halogens is 1. The van der Waals surface area contributed by atoms with Crippen molar-refractivity contribution in [2.24, 2.45) is 10.9 Å². The summed E-state index contributed by atoms with van der Waals surface area (Å²) in [5.41, 5.74) is 1.04. The molecular weight excluding hydrogens is 431 g/mol. The number of hydrogen-bond donors (Lipinski definition) is 3. The van der Waals surface area contributed by atoms with E-state index in [0.29, 0.717) is 6.54 Å². The van der Waals surface area contributed by atoms with Gasteiger partial charge in [-0.25, -0.2) is 4.99 Å². The lowest BCUT2D eigenvalue weighted by Crippen LogP contribution is -2.45. The minimum atomic E-state index is 0. The quantitative estimate of drug-likeness (QED) is 0.358. The molecule has 0 spiro atoms. The van der Waals surface area contributed by atoms with E-state index in [1.165, 1.54) is 0 Å². The van der Waals surface area contributed by atoms with Crippen molar-refractivity contribution in [3.05, 3.63) is 29.8 Å². The first-order valence-electron chi connectivity index (χ1n) is 8.61. The van der Waals surface area contributed by atoms with Gasteiger partial charge < -0.3 is 20.6 Å². The Hall–Kier alpha value is -1.51. The molecular formula is C18H29IN4O2. The molecule has 0 bridgehead atoms. The van der Waals surface area contributed by atoms with Crippen LogP contribution in [0.4, 0.5) is 0 Å². The van der Waals surface area contributed by atoms with E-state index in [-0.39, 0.29) is 47.6 Å². The summed E-state index contributed by atoms with van der Waals surface area (Å²) < 4.78 is 0. The number of nitrogens with one attached hydrogen (secondary N) is 2. The number of hydrogen-bond acceptors (Lipinski definition) is 3. The average Bonchev–Trinajstić information content (AvgIpc) is 3.02. The third-order valence-corrected chi connectivity index (χ3v) is 4.03. The Morgan fingerprint density at radius 1 is 1.36 bits per heavy atom. The zero-order valence-electron chi connectivity index (χ0n) is 15.2. The van der Waals surface area contributed by atoms with Gasteiger partial charge in [-0.05, 0) is 31.0 Å². The second-order valence-corrected chi connectivity index (χ2v) is 6.43. The molecule has 2 rings (SSSR count). The van der Waals surface area contributed by atoms with Gasteiger partial charge in [0.25, 0.3) is 0 Å². The van der Waals surface area contributed by atoms with Crippen LogP contribution in [-0.2, 0) is 11.3 Å². The second kappa shape index (κ2) is 10.5. The number of guanidine groups is 1. The predicted octanol–water partition coefficient (Wildman–Crippen LogP) is 2.32. The minimum absolute atomic E-state index is 0. The highest BCUT2D eigenvalue weighted by molar-refractivity contribution is 14.0. The van der Waals surface area contributed by atoms with Gasteiger partial charge in [-0.3, -0.25) is 4.79 Å². The van der Waals surface area contributed by atoms with Crippen molar-refractivity contribution >= 4 is 35.8 Å². The van der Waals surface area contributed by atoms with Crippen molar-refractivity contribution in [3.8, 4) is 5.75 Å². The molecule has 0 aliphatic carbocycles. The van der Waals surface area contributed by atoms with Crippen LogP contribution >= 0.6 is 24.0 Å². The topological polar surface area (TPSA) is 77.0 Å². The highest BCUT2D eigenvalue weighted by atomic mass is 127. The number of aliphatic imine (C=N–C) groups is 1. The zero-order valence-corrected chi connectivity index (χ0v) is 17.5. The fraction of sp³-hybridized carbons (Fsp3) is 0.556. The van der Waals surface area contributed by atoms with Gasteiger partial charge in [0.2, 0.25) is 5.91 Å². The Labute approximate surface area is 167 Å². The van der Waals surface area contributed by atoms with Crippen molar-refractivity contribution in [3.63, 3.8) is 0 Å². The molecule has 3 N–H and O–H groups in total. The van der Waals surface area contributed by atoms with E-state index >= 15 is 0 Å². The summed E-state index contributed by atoms with van der Waals surface area (Å²) in [6.45, 7) is 8.74. The number of benzene rings is 1. The van der Waals surface area contributed by atoms with Crippen LogP contribution in [0, 0.1) is 5.92 Å². The molecule has 1 amide bonds. The van der Waals surface area contributed by atoms with Gasteiger partial charge in [-0.1, -0.05) is 26.0 Å². The normalized spacial score (nSPS) is 17.4. The number of carbonyl (C=O) groups excluding carboxylic acids is 1. The first kappa shape index (κ1) is 21.5. The molecule has 7 heteroatoms. The first-order valence-corrected chi connectivity index (χ1v) is 8.61.